The lowest BCUT2D eigenvalue weighted by Crippen LogP contribution is -2.19. The Morgan fingerprint density at radius 2 is 2.11 bits per heavy atom. The van der Waals surface area contributed by atoms with E-state index in [-0.39, 0.29) is 0 Å². The molecule has 0 bridgehead atoms. The Morgan fingerprint density at radius 3 is 2.83 bits per heavy atom. The molecule has 0 heterocycles. The molecule has 18 heavy (non-hydrogen) atoms. The highest BCUT2D eigenvalue weighted by molar-refractivity contribution is 6.32. The van der Waals surface area contributed by atoms with Crippen molar-refractivity contribution in [3.63, 3.8) is 0 Å². The molecule has 1 aromatic carbocycles. The van der Waals surface area contributed by atoms with Gasteiger partial charge in [-0.3, -0.25) is 0 Å². The topological polar surface area (TPSA) is 30.5 Å². The van der Waals surface area contributed by atoms with Gasteiger partial charge in [0.2, 0.25) is 0 Å². The van der Waals surface area contributed by atoms with Crippen LogP contribution in [0.3, 0.4) is 0 Å². The van der Waals surface area contributed by atoms with Crippen LogP contribution in [0.2, 0.25) is 5.02 Å². The zero-order valence-electron chi connectivity index (χ0n) is 10.9. The number of nitrogens with one attached hydrogen (secondary N) is 1. The van der Waals surface area contributed by atoms with Gasteiger partial charge in [-0.2, -0.15) is 0 Å². The van der Waals surface area contributed by atoms with Gasteiger partial charge in [-0.15, -0.1) is 0 Å². The maximum atomic E-state index is 5.96. The maximum absolute atomic E-state index is 5.96. The van der Waals surface area contributed by atoms with E-state index in [0.717, 1.165) is 31.7 Å². The molecule has 100 valence electrons. The lowest BCUT2D eigenvalue weighted by Gasteiger charge is -2.03. The Hall–Kier alpha value is -1.03. The molecule has 1 N–H and O–H groups in total. The van der Waals surface area contributed by atoms with Gasteiger partial charge in [-0.1, -0.05) is 29.8 Å². The van der Waals surface area contributed by atoms with Crippen LogP contribution in [-0.2, 0) is 4.74 Å². The molecular formula is C14H20ClNO2. The number of hydrogen-bond donors (Lipinski definition) is 1. The third kappa shape index (κ3) is 5.54. The van der Waals surface area contributed by atoms with Gasteiger partial charge >= 0.3 is 0 Å². The molecule has 0 aromatic heterocycles. The van der Waals surface area contributed by atoms with Crippen molar-refractivity contribution < 1.29 is 9.47 Å². The minimum Gasteiger partial charge on any atom is -0.495 e. The molecule has 0 saturated carbocycles. The summed E-state index contributed by atoms with van der Waals surface area (Å²) in [6.45, 7) is 2.59. The highest BCUT2D eigenvalue weighted by atomic mass is 35.5. The SMILES string of the molecule is COCCNCCC=Cc1ccc(Cl)c(OC)c1. The number of benzene rings is 1. The van der Waals surface area contributed by atoms with E-state index >= 15 is 0 Å². The van der Waals surface area contributed by atoms with Crippen LogP contribution >= 0.6 is 11.6 Å². The van der Waals surface area contributed by atoms with Crippen molar-refractivity contribution in [1.82, 2.24) is 5.32 Å². The van der Waals surface area contributed by atoms with E-state index in [9.17, 15) is 0 Å². The van der Waals surface area contributed by atoms with Crippen LogP contribution in [0.15, 0.2) is 24.3 Å². The highest BCUT2D eigenvalue weighted by Crippen LogP contribution is 2.25. The smallest absolute Gasteiger partial charge is 0.138 e. The van der Waals surface area contributed by atoms with E-state index in [1.54, 1.807) is 14.2 Å². The van der Waals surface area contributed by atoms with Crippen LogP contribution in [0, 0.1) is 0 Å². The van der Waals surface area contributed by atoms with Crippen LogP contribution in [-0.4, -0.2) is 33.9 Å². The Kier molecular flexibility index (Phi) is 7.49. The summed E-state index contributed by atoms with van der Waals surface area (Å²) in [6, 6.07) is 5.74. The normalized spacial score (nSPS) is 11.1. The largest absolute Gasteiger partial charge is 0.495 e. The van der Waals surface area contributed by atoms with Gasteiger partial charge in [0.1, 0.15) is 5.75 Å². The number of methoxy groups -OCH3 is 2. The monoisotopic (exact) mass is 269 g/mol. The van der Waals surface area contributed by atoms with Gasteiger partial charge in [0, 0.05) is 13.7 Å². The van der Waals surface area contributed by atoms with Crippen LogP contribution in [0.4, 0.5) is 0 Å². The Bertz CT molecular complexity index is 380. The Labute approximate surface area is 114 Å². The van der Waals surface area contributed by atoms with Gasteiger partial charge in [0.15, 0.2) is 0 Å². The predicted molar refractivity (Wildman–Crippen MR) is 76.4 cm³/mol. The average Bonchev–Trinajstić information content (AvgIpc) is 2.39. The maximum Gasteiger partial charge on any atom is 0.138 e. The molecule has 0 unspecified atom stereocenters. The molecule has 0 aliphatic carbocycles. The molecular weight excluding hydrogens is 250 g/mol. The average molecular weight is 270 g/mol. The highest BCUT2D eigenvalue weighted by Gasteiger charge is 1.99. The van der Waals surface area contributed by atoms with Gasteiger partial charge in [0.25, 0.3) is 0 Å². The summed E-state index contributed by atoms with van der Waals surface area (Å²) in [4.78, 5) is 0. The van der Waals surface area contributed by atoms with E-state index in [1.807, 2.05) is 18.2 Å². The molecule has 1 aromatic rings. The zero-order chi connectivity index (χ0) is 13.2. The number of rotatable bonds is 8. The fraction of sp³-hybridized carbons (Fsp3) is 0.429. The number of ether oxygens (including phenoxy) is 2. The van der Waals surface area contributed by atoms with Gasteiger partial charge < -0.3 is 14.8 Å². The first-order valence-electron chi connectivity index (χ1n) is 5.97. The first kappa shape index (κ1) is 15.0. The summed E-state index contributed by atoms with van der Waals surface area (Å²) < 4.78 is 10.1. The lowest BCUT2D eigenvalue weighted by molar-refractivity contribution is 0.199. The van der Waals surface area contributed by atoms with E-state index in [4.69, 9.17) is 21.1 Å². The van der Waals surface area contributed by atoms with E-state index in [0.29, 0.717) is 10.8 Å². The van der Waals surface area contributed by atoms with Crippen LogP contribution < -0.4 is 10.1 Å². The van der Waals surface area contributed by atoms with Crippen molar-refractivity contribution in [2.24, 2.45) is 0 Å². The third-order valence-electron chi connectivity index (χ3n) is 2.46. The summed E-state index contributed by atoms with van der Waals surface area (Å²) >= 11 is 5.96. The van der Waals surface area contributed by atoms with Crippen molar-refractivity contribution in [3.05, 3.63) is 34.9 Å². The summed E-state index contributed by atoms with van der Waals surface area (Å²) in [7, 11) is 3.32. The molecule has 0 radical (unpaired) electrons. The fourth-order valence-corrected chi connectivity index (χ4v) is 1.68. The first-order valence-corrected chi connectivity index (χ1v) is 6.35. The van der Waals surface area contributed by atoms with E-state index in [2.05, 4.69) is 17.5 Å². The fourth-order valence-electron chi connectivity index (χ4n) is 1.48. The lowest BCUT2D eigenvalue weighted by atomic mass is 10.2. The summed E-state index contributed by atoms with van der Waals surface area (Å²) in [5, 5.41) is 3.92. The summed E-state index contributed by atoms with van der Waals surface area (Å²) in [5.41, 5.74) is 1.09. The molecule has 4 heteroatoms. The van der Waals surface area contributed by atoms with Crippen molar-refractivity contribution in [2.45, 2.75) is 6.42 Å². The van der Waals surface area contributed by atoms with E-state index in [1.165, 1.54) is 0 Å². The molecule has 0 amide bonds. The first-order chi connectivity index (χ1) is 8.77. The molecule has 0 aliphatic heterocycles. The van der Waals surface area contributed by atoms with Crippen LogP contribution in [0.25, 0.3) is 6.08 Å². The van der Waals surface area contributed by atoms with E-state index < -0.39 is 0 Å². The second-order valence-corrected chi connectivity index (χ2v) is 4.24. The minimum absolute atomic E-state index is 0.635. The van der Waals surface area contributed by atoms with Crippen LogP contribution in [0.1, 0.15) is 12.0 Å². The molecule has 0 fully saturated rings. The molecule has 0 saturated heterocycles. The number of halogens is 1. The van der Waals surface area contributed by atoms with Crippen molar-refractivity contribution in [1.29, 1.82) is 0 Å². The van der Waals surface area contributed by atoms with Gasteiger partial charge in [0.05, 0.1) is 18.7 Å². The van der Waals surface area contributed by atoms with Crippen molar-refractivity contribution in [3.8, 4) is 5.75 Å². The summed E-state index contributed by atoms with van der Waals surface area (Å²) in [5.74, 6) is 0.706. The quantitative estimate of drug-likeness (QED) is 0.736. The standard InChI is InChI=1S/C14H20ClNO2/c1-17-10-9-16-8-4-3-5-12-6-7-13(15)14(11-12)18-2/h3,5-7,11,16H,4,8-10H2,1-2H3. The minimum atomic E-state index is 0.635. The van der Waals surface area contributed by atoms with Gasteiger partial charge in [-0.05, 0) is 30.7 Å². The Balaban J connectivity index is 2.33. The molecule has 3 nitrogen and oxygen atoms in total. The second-order valence-electron chi connectivity index (χ2n) is 3.83. The zero-order valence-corrected chi connectivity index (χ0v) is 11.7. The number of hydrogen-bond acceptors (Lipinski definition) is 3. The molecule has 0 atom stereocenters. The third-order valence-corrected chi connectivity index (χ3v) is 2.77. The Morgan fingerprint density at radius 1 is 1.28 bits per heavy atom. The second kappa shape index (κ2) is 8.97. The van der Waals surface area contributed by atoms with Crippen molar-refractivity contribution in [2.75, 3.05) is 33.9 Å². The molecule has 0 spiro atoms. The van der Waals surface area contributed by atoms with Gasteiger partial charge in [-0.25, -0.2) is 0 Å². The van der Waals surface area contributed by atoms with Crippen LogP contribution in [0.5, 0.6) is 5.75 Å². The summed E-state index contributed by atoms with van der Waals surface area (Å²) in [6.07, 6.45) is 5.17. The molecule has 1 rings (SSSR count). The van der Waals surface area contributed by atoms with Crippen molar-refractivity contribution >= 4 is 17.7 Å². The molecule has 0 aliphatic rings. The predicted octanol–water partition coefficient (Wildman–Crippen LogP) is 2.99.